The Labute approximate surface area is 93.3 Å². The molecule has 0 nitrogen and oxygen atoms in total. The van der Waals surface area contributed by atoms with E-state index < -0.39 is 0 Å². The van der Waals surface area contributed by atoms with Gasteiger partial charge < -0.3 is 0 Å². The van der Waals surface area contributed by atoms with E-state index in [0.717, 1.165) is 12.8 Å². The van der Waals surface area contributed by atoms with E-state index in [9.17, 15) is 0 Å². The lowest BCUT2D eigenvalue weighted by molar-refractivity contribution is 0.903. The zero-order valence-corrected chi connectivity index (χ0v) is 9.74. The second-order valence-corrected chi connectivity index (χ2v) is 3.83. The first kappa shape index (κ1) is 11.8. The zero-order chi connectivity index (χ0) is 11.1. The maximum Gasteiger partial charge on any atom is -0.00104 e. The number of benzene rings is 1. The molecule has 1 aromatic carbocycles. The minimum absolute atomic E-state index is 0.451. The predicted octanol–water partition coefficient (Wildman–Crippen LogP) is 4.48. The average molecular weight is 200 g/mol. The molecule has 1 atom stereocenters. The SMILES string of the molecule is C=CC(C)c1ccccc1CC/C=C\C. The fourth-order valence-corrected chi connectivity index (χ4v) is 1.74. The van der Waals surface area contributed by atoms with E-state index in [1.807, 2.05) is 6.08 Å². The monoisotopic (exact) mass is 200 g/mol. The largest absolute Gasteiger partial charge is 0.102 e. The van der Waals surface area contributed by atoms with Crippen LogP contribution in [0.25, 0.3) is 0 Å². The van der Waals surface area contributed by atoms with Gasteiger partial charge in [0.15, 0.2) is 0 Å². The summed E-state index contributed by atoms with van der Waals surface area (Å²) in [6.07, 6.45) is 8.58. The van der Waals surface area contributed by atoms with Crippen LogP contribution in [-0.4, -0.2) is 0 Å². The summed E-state index contributed by atoms with van der Waals surface area (Å²) in [4.78, 5) is 0. The molecule has 0 spiro atoms. The fourth-order valence-electron chi connectivity index (χ4n) is 1.74. The van der Waals surface area contributed by atoms with Crippen LogP contribution in [0.3, 0.4) is 0 Å². The first-order chi connectivity index (χ1) is 7.29. The smallest absolute Gasteiger partial charge is 0.00104 e. The van der Waals surface area contributed by atoms with E-state index in [1.165, 1.54) is 11.1 Å². The molecule has 0 radical (unpaired) electrons. The Hall–Kier alpha value is -1.30. The Balaban J connectivity index is 2.81. The molecule has 0 aliphatic carbocycles. The van der Waals surface area contributed by atoms with E-state index in [2.05, 4.69) is 56.8 Å². The summed E-state index contributed by atoms with van der Waals surface area (Å²) in [7, 11) is 0. The van der Waals surface area contributed by atoms with E-state index >= 15 is 0 Å². The average Bonchev–Trinajstić information content (AvgIpc) is 2.29. The fraction of sp³-hybridized carbons (Fsp3) is 0.333. The van der Waals surface area contributed by atoms with Gasteiger partial charge in [-0.05, 0) is 36.8 Å². The Kier molecular flexibility index (Phi) is 4.89. The summed E-state index contributed by atoms with van der Waals surface area (Å²) in [6.45, 7) is 8.12. The maximum atomic E-state index is 3.86. The number of aryl methyl sites for hydroxylation is 1. The second kappa shape index (κ2) is 6.23. The normalized spacial score (nSPS) is 12.9. The molecule has 0 aromatic heterocycles. The topological polar surface area (TPSA) is 0 Å². The van der Waals surface area contributed by atoms with Crippen LogP contribution in [0.1, 0.15) is 37.3 Å². The molecule has 1 aromatic rings. The van der Waals surface area contributed by atoms with Crippen LogP contribution >= 0.6 is 0 Å². The van der Waals surface area contributed by atoms with Crippen molar-refractivity contribution in [3.63, 3.8) is 0 Å². The Morgan fingerprint density at radius 1 is 1.33 bits per heavy atom. The highest BCUT2D eigenvalue weighted by Crippen LogP contribution is 2.21. The van der Waals surface area contributed by atoms with E-state index in [0.29, 0.717) is 5.92 Å². The van der Waals surface area contributed by atoms with Gasteiger partial charge in [0.25, 0.3) is 0 Å². The molecule has 0 bridgehead atoms. The highest BCUT2D eigenvalue weighted by molar-refractivity contribution is 5.32. The highest BCUT2D eigenvalue weighted by Gasteiger charge is 2.05. The Morgan fingerprint density at radius 2 is 2.07 bits per heavy atom. The number of rotatable bonds is 5. The zero-order valence-electron chi connectivity index (χ0n) is 9.74. The van der Waals surface area contributed by atoms with Gasteiger partial charge in [0.2, 0.25) is 0 Å². The van der Waals surface area contributed by atoms with Gasteiger partial charge in [-0.1, -0.05) is 49.4 Å². The molecule has 0 saturated heterocycles. The molecular formula is C15H20. The summed E-state index contributed by atoms with van der Waals surface area (Å²) in [5.41, 5.74) is 2.86. The standard InChI is InChI=1S/C15H20/c1-4-6-7-10-14-11-8-9-12-15(14)13(3)5-2/h4-6,8-9,11-13H,2,7,10H2,1,3H3/b6-4-. The van der Waals surface area contributed by atoms with Crippen molar-refractivity contribution in [2.75, 3.05) is 0 Å². The number of allylic oxidation sites excluding steroid dienone is 3. The van der Waals surface area contributed by atoms with Gasteiger partial charge in [-0.3, -0.25) is 0 Å². The molecule has 0 N–H and O–H groups in total. The number of hydrogen-bond donors (Lipinski definition) is 0. The summed E-state index contributed by atoms with van der Waals surface area (Å²) < 4.78 is 0. The third-order valence-electron chi connectivity index (χ3n) is 2.72. The predicted molar refractivity (Wildman–Crippen MR) is 68.2 cm³/mol. The van der Waals surface area contributed by atoms with E-state index in [1.54, 1.807) is 0 Å². The van der Waals surface area contributed by atoms with Crippen LogP contribution < -0.4 is 0 Å². The summed E-state index contributed by atoms with van der Waals surface area (Å²) in [5, 5.41) is 0. The summed E-state index contributed by atoms with van der Waals surface area (Å²) in [6, 6.07) is 8.65. The van der Waals surface area contributed by atoms with Crippen molar-refractivity contribution in [1.82, 2.24) is 0 Å². The van der Waals surface area contributed by atoms with Gasteiger partial charge in [0, 0.05) is 0 Å². The molecule has 0 heteroatoms. The lowest BCUT2D eigenvalue weighted by Gasteiger charge is -2.12. The van der Waals surface area contributed by atoms with Crippen molar-refractivity contribution in [1.29, 1.82) is 0 Å². The molecular weight excluding hydrogens is 180 g/mol. The van der Waals surface area contributed by atoms with Crippen LogP contribution in [0.4, 0.5) is 0 Å². The first-order valence-electron chi connectivity index (χ1n) is 5.61. The Bertz CT molecular complexity index is 334. The highest BCUT2D eigenvalue weighted by atomic mass is 14.1. The molecule has 0 heterocycles. The summed E-state index contributed by atoms with van der Waals surface area (Å²) >= 11 is 0. The van der Waals surface area contributed by atoms with Crippen LogP contribution in [0, 0.1) is 0 Å². The second-order valence-electron chi connectivity index (χ2n) is 3.83. The quantitative estimate of drug-likeness (QED) is 0.614. The van der Waals surface area contributed by atoms with Gasteiger partial charge in [0.05, 0.1) is 0 Å². The molecule has 0 aliphatic heterocycles. The number of hydrogen-bond acceptors (Lipinski definition) is 0. The summed E-state index contributed by atoms with van der Waals surface area (Å²) in [5.74, 6) is 0.451. The molecule has 15 heavy (non-hydrogen) atoms. The van der Waals surface area contributed by atoms with Crippen molar-refractivity contribution in [3.8, 4) is 0 Å². The van der Waals surface area contributed by atoms with Crippen LogP contribution in [-0.2, 0) is 6.42 Å². The molecule has 0 amide bonds. The minimum atomic E-state index is 0.451. The van der Waals surface area contributed by atoms with Crippen LogP contribution in [0.15, 0.2) is 49.1 Å². The van der Waals surface area contributed by atoms with Gasteiger partial charge >= 0.3 is 0 Å². The van der Waals surface area contributed by atoms with Gasteiger partial charge in [-0.2, -0.15) is 0 Å². The molecule has 80 valence electrons. The van der Waals surface area contributed by atoms with Crippen LogP contribution in [0.2, 0.25) is 0 Å². The van der Waals surface area contributed by atoms with Crippen molar-refractivity contribution >= 4 is 0 Å². The maximum absolute atomic E-state index is 3.86. The van der Waals surface area contributed by atoms with Gasteiger partial charge in [0.1, 0.15) is 0 Å². The minimum Gasteiger partial charge on any atom is -0.102 e. The third-order valence-corrected chi connectivity index (χ3v) is 2.72. The molecule has 0 saturated carbocycles. The molecule has 0 fully saturated rings. The molecule has 0 aliphatic rings. The van der Waals surface area contributed by atoms with Crippen molar-refractivity contribution in [3.05, 3.63) is 60.2 Å². The van der Waals surface area contributed by atoms with Crippen molar-refractivity contribution < 1.29 is 0 Å². The third kappa shape index (κ3) is 3.39. The van der Waals surface area contributed by atoms with Gasteiger partial charge in [-0.25, -0.2) is 0 Å². The van der Waals surface area contributed by atoms with Crippen molar-refractivity contribution in [2.45, 2.75) is 32.6 Å². The Morgan fingerprint density at radius 3 is 2.73 bits per heavy atom. The molecule has 1 unspecified atom stereocenters. The van der Waals surface area contributed by atoms with Gasteiger partial charge in [-0.15, -0.1) is 6.58 Å². The molecule has 1 rings (SSSR count). The van der Waals surface area contributed by atoms with E-state index in [4.69, 9.17) is 0 Å². The lowest BCUT2D eigenvalue weighted by atomic mass is 9.93. The first-order valence-corrected chi connectivity index (χ1v) is 5.61. The lowest BCUT2D eigenvalue weighted by Crippen LogP contribution is -1.96. The van der Waals surface area contributed by atoms with Crippen LogP contribution in [0.5, 0.6) is 0 Å². The van der Waals surface area contributed by atoms with Crippen molar-refractivity contribution in [2.24, 2.45) is 0 Å². The van der Waals surface area contributed by atoms with E-state index in [-0.39, 0.29) is 0 Å².